The lowest BCUT2D eigenvalue weighted by Crippen LogP contribution is -2.40. The molecule has 1 aromatic rings. The molecule has 21 heavy (non-hydrogen) atoms. The van der Waals surface area contributed by atoms with Gasteiger partial charge in [-0.1, -0.05) is 0 Å². The number of ether oxygens (including phenoxy) is 1. The Morgan fingerprint density at radius 2 is 1.76 bits per heavy atom. The van der Waals surface area contributed by atoms with Crippen LogP contribution < -0.4 is 11.2 Å². The van der Waals surface area contributed by atoms with Crippen molar-refractivity contribution in [2.75, 3.05) is 19.8 Å². The summed E-state index contributed by atoms with van der Waals surface area (Å²) in [6.45, 7) is -2.28. The van der Waals surface area contributed by atoms with Gasteiger partial charge in [0.1, 0.15) is 11.7 Å². The highest BCUT2D eigenvalue weighted by Gasteiger charge is 2.35. The van der Waals surface area contributed by atoms with Crippen LogP contribution in [0.1, 0.15) is 11.8 Å². The quantitative estimate of drug-likeness (QED) is 0.502. The van der Waals surface area contributed by atoms with Crippen molar-refractivity contribution in [3.63, 3.8) is 0 Å². The minimum absolute atomic E-state index is 0.202. The number of aliphatic hydroxyl groups excluding tert-OH is 3. The molecule has 1 heterocycles. The second-order valence-corrected chi connectivity index (χ2v) is 3.97. The second kappa shape index (κ2) is 6.85. The van der Waals surface area contributed by atoms with Crippen molar-refractivity contribution < 1.29 is 33.2 Å². The minimum atomic E-state index is -5.00. The van der Waals surface area contributed by atoms with Crippen molar-refractivity contribution in [3.05, 3.63) is 32.6 Å². The lowest BCUT2D eigenvalue weighted by Gasteiger charge is -2.23. The monoisotopic (exact) mass is 314 g/mol. The summed E-state index contributed by atoms with van der Waals surface area (Å²) in [5.74, 6) is 0. The standard InChI is InChI=1S/C10H13F3N2O6/c11-10(12,13)6-1-15(9(20)14-8(6)19)7(4-18)21-5(2-16)3-17/h1,5,7,16-18H,2-4H2,(H,14,19,20). The lowest BCUT2D eigenvalue weighted by molar-refractivity contribution is -0.141. The molecule has 0 aliphatic heterocycles. The first kappa shape index (κ1) is 17.4. The molecule has 0 saturated carbocycles. The number of alkyl halides is 3. The molecule has 0 aliphatic carbocycles. The van der Waals surface area contributed by atoms with E-state index in [1.54, 1.807) is 0 Å². The molecule has 1 atom stereocenters. The summed E-state index contributed by atoms with van der Waals surface area (Å²) in [6, 6.07) is 0. The number of aliphatic hydroxyl groups is 3. The maximum atomic E-state index is 12.6. The summed E-state index contributed by atoms with van der Waals surface area (Å²) in [5.41, 5.74) is -4.50. The summed E-state index contributed by atoms with van der Waals surface area (Å²) in [4.78, 5) is 24.1. The molecular formula is C10H13F3N2O6. The summed E-state index contributed by atoms with van der Waals surface area (Å²) < 4.78 is 43.0. The van der Waals surface area contributed by atoms with E-state index in [4.69, 9.17) is 20.1 Å². The van der Waals surface area contributed by atoms with Crippen molar-refractivity contribution in [1.82, 2.24) is 9.55 Å². The van der Waals surface area contributed by atoms with Crippen LogP contribution in [0, 0.1) is 0 Å². The van der Waals surface area contributed by atoms with E-state index < -0.39 is 55.1 Å². The van der Waals surface area contributed by atoms with Gasteiger partial charge in [-0.2, -0.15) is 13.2 Å². The Kier molecular flexibility index (Phi) is 5.66. The van der Waals surface area contributed by atoms with Crippen LogP contribution in [0.2, 0.25) is 0 Å². The third-order valence-electron chi connectivity index (χ3n) is 2.50. The molecular weight excluding hydrogens is 301 g/mol. The van der Waals surface area contributed by atoms with E-state index >= 15 is 0 Å². The van der Waals surface area contributed by atoms with Gasteiger partial charge in [-0.15, -0.1) is 0 Å². The Bertz CT molecular complexity index is 577. The molecule has 0 bridgehead atoms. The van der Waals surface area contributed by atoms with Crippen LogP contribution in [0.3, 0.4) is 0 Å². The Morgan fingerprint density at radius 3 is 2.19 bits per heavy atom. The van der Waals surface area contributed by atoms with Gasteiger partial charge < -0.3 is 20.1 Å². The first-order valence-corrected chi connectivity index (χ1v) is 5.65. The number of hydrogen-bond acceptors (Lipinski definition) is 6. The van der Waals surface area contributed by atoms with E-state index in [2.05, 4.69) is 0 Å². The smallest absolute Gasteiger partial charge is 0.394 e. The molecule has 0 saturated heterocycles. The first-order chi connectivity index (χ1) is 9.74. The van der Waals surface area contributed by atoms with Gasteiger partial charge in [-0.05, 0) is 0 Å². The SMILES string of the molecule is O=c1[nH]c(=O)n(C(CO)OC(CO)CO)cc1C(F)(F)F. The molecule has 0 fully saturated rings. The molecule has 0 spiro atoms. The Hall–Kier alpha value is -1.69. The fourth-order valence-electron chi connectivity index (χ4n) is 1.46. The zero-order valence-electron chi connectivity index (χ0n) is 10.5. The molecule has 1 unspecified atom stereocenters. The highest BCUT2D eigenvalue weighted by atomic mass is 19.4. The predicted octanol–water partition coefficient (Wildman–Crippen LogP) is -1.58. The van der Waals surface area contributed by atoms with E-state index in [1.165, 1.54) is 4.98 Å². The number of rotatable bonds is 6. The molecule has 1 aromatic heterocycles. The van der Waals surface area contributed by atoms with E-state index in [-0.39, 0.29) is 6.20 Å². The third-order valence-corrected chi connectivity index (χ3v) is 2.50. The highest BCUT2D eigenvalue weighted by molar-refractivity contribution is 5.09. The fourth-order valence-corrected chi connectivity index (χ4v) is 1.46. The van der Waals surface area contributed by atoms with Crippen LogP contribution in [0.15, 0.2) is 15.8 Å². The van der Waals surface area contributed by atoms with E-state index in [9.17, 15) is 22.8 Å². The highest BCUT2D eigenvalue weighted by Crippen LogP contribution is 2.26. The number of nitrogens with zero attached hydrogens (tertiary/aromatic N) is 1. The summed E-state index contributed by atoms with van der Waals surface area (Å²) in [6.07, 6.45) is -7.63. The maximum Gasteiger partial charge on any atom is 0.423 e. The summed E-state index contributed by atoms with van der Waals surface area (Å²) in [7, 11) is 0. The largest absolute Gasteiger partial charge is 0.423 e. The van der Waals surface area contributed by atoms with Crippen LogP contribution in [0.5, 0.6) is 0 Å². The van der Waals surface area contributed by atoms with Gasteiger partial charge in [0.15, 0.2) is 6.23 Å². The molecule has 1 rings (SSSR count). The summed E-state index contributed by atoms with van der Waals surface area (Å²) in [5, 5.41) is 26.7. The number of hydrogen-bond donors (Lipinski definition) is 4. The Morgan fingerprint density at radius 1 is 1.19 bits per heavy atom. The van der Waals surface area contributed by atoms with Crippen LogP contribution in [0.25, 0.3) is 0 Å². The number of H-pyrrole nitrogens is 1. The van der Waals surface area contributed by atoms with Crippen LogP contribution in [-0.4, -0.2) is 50.8 Å². The van der Waals surface area contributed by atoms with Crippen molar-refractivity contribution in [2.45, 2.75) is 18.5 Å². The van der Waals surface area contributed by atoms with Crippen molar-refractivity contribution >= 4 is 0 Å². The molecule has 0 amide bonds. The van der Waals surface area contributed by atoms with Gasteiger partial charge in [0.25, 0.3) is 5.56 Å². The average molecular weight is 314 g/mol. The van der Waals surface area contributed by atoms with Crippen molar-refractivity contribution in [1.29, 1.82) is 0 Å². The van der Waals surface area contributed by atoms with Crippen LogP contribution in [0.4, 0.5) is 13.2 Å². The molecule has 0 aliphatic rings. The zero-order valence-corrected chi connectivity index (χ0v) is 10.5. The van der Waals surface area contributed by atoms with E-state index in [0.29, 0.717) is 4.57 Å². The maximum absolute atomic E-state index is 12.6. The Balaban J connectivity index is 3.27. The second-order valence-electron chi connectivity index (χ2n) is 3.97. The predicted molar refractivity (Wildman–Crippen MR) is 61.5 cm³/mol. The average Bonchev–Trinajstić information content (AvgIpc) is 2.40. The van der Waals surface area contributed by atoms with Gasteiger partial charge in [0.2, 0.25) is 0 Å². The lowest BCUT2D eigenvalue weighted by atomic mass is 10.3. The Labute approximate surface area is 115 Å². The van der Waals surface area contributed by atoms with Crippen molar-refractivity contribution in [3.8, 4) is 0 Å². The molecule has 11 heteroatoms. The molecule has 0 aromatic carbocycles. The number of aromatic nitrogens is 2. The zero-order chi connectivity index (χ0) is 16.2. The molecule has 0 radical (unpaired) electrons. The van der Waals surface area contributed by atoms with Gasteiger partial charge in [-0.25, -0.2) is 4.79 Å². The molecule has 8 nitrogen and oxygen atoms in total. The number of nitrogens with one attached hydrogen (secondary N) is 1. The third kappa shape index (κ3) is 4.14. The minimum Gasteiger partial charge on any atom is -0.394 e. The van der Waals surface area contributed by atoms with Crippen molar-refractivity contribution in [2.24, 2.45) is 0 Å². The first-order valence-electron chi connectivity index (χ1n) is 5.65. The number of halogens is 3. The van der Waals surface area contributed by atoms with Gasteiger partial charge in [0.05, 0.1) is 19.8 Å². The fraction of sp³-hybridized carbons (Fsp3) is 0.600. The van der Waals surface area contributed by atoms with Gasteiger partial charge in [-0.3, -0.25) is 14.3 Å². The van der Waals surface area contributed by atoms with E-state index in [1.807, 2.05) is 0 Å². The van der Waals surface area contributed by atoms with Crippen LogP contribution >= 0.6 is 0 Å². The molecule has 120 valence electrons. The van der Waals surface area contributed by atoms with E-state index in [0.717, 1.165) is 0 Å². The van der Waals surface area contributed by atoms with Gasteiger partial charge in [0, 0.05) is 6.20 Å². The van der Waals surface area contributed by atoms with Crippen LogP contribution in [-0.2, 0) is 10.9 Å². The normalized spacial score (nSPS) is 13.7. The van der Waals surface area contributed by atoms with Gasteiger partial charge >= 0.3 is 11.9 Å². The number of aromatic amines is 1. The topological polar surface area (TPSA) is 125 Å². The molecule has 4 N–H and O–H groups in total. The summed E-state index contributed by atoms with van der Waals surface area (Å²) >= 11 is 0.